The Hall–Kier alpha value is -1.09. The van der Waals surface area contributed by atoms with Crippen LogP contribution in [-0.4, -0.2) is 30.7 Å². The van der Waals surface area contributed by atoms with Gasteiger partial charge in [0.2, 0.25) is 0 Å². The molecule has 0 bridgehead atoms. The molecule has 1 unspecified atom stereocenters. The SMILES string of the molecule is Cc1cccnc1N(CC1CCCNC1)C(C)C. The molecule has 1 atom stereocenters. The van der Waals surface area contributed by atoms with Crippen LogP contribution < -0.4 is 10.2 Å². The molecule has 2 rings (SSSR count). The second kappa shape index (κ2) is 6.19. The second-order valence-electron chi connectivity index (χ2n) is 5.60. The Labute approximate surface area is 111 Å². The molecule has 3 nitrogen and oxygen atoms in total. The molecule has 0 radical (unpaired) electrons. The zero-order valence-corrected chi connectivity index (χ0v) is 11.8. The summed E-state index contributed by atoms with van der Waals surface area (Å²) in [6.45, 7) is 10.1. The molecule has 1 fully saturated rings. The van der Waals surface area contributed by atoms with Gasteiger partial charge < -0.3 is 10.2 Å². The molecule has 0 saturated carbocycles. The first kappa shape index (κ1) is 13.3. The Morgan fingerprint density at radius 2 is 2.33 bits per heavy atom. The monoisotopic (exact) mass is 247 g/mol. The molecule has 2 heterocycles. The average molecular weight is 247 g/mol. The van der Waals surface area contributed by atoms with Crippen molar-refractivity contribution in [2.75, 3.05) is 24.5 Å². The highest BCUT2D eigenvalue weighted by Crippen LogP contribution is 2.22. The minimum Gasteiger partial charge on any atom is -0.354 e. The lowest BCUT2D eigenvalue weighted by Gasteiger charge is -2.34. The predicted octanol–water partition coefficient (Wildman–Crippen LogP) is 2.60. The van der Waals surface area contributed by atoms with Crippen LogP contribution in [0, 0.1) is 12.8 Å². The minimum atomic E-state index is 0.500. The number of aryl methyl sites for hydroxylation is 1. The Bertz CT molecular complexity index is 370. The maximum absolute atomic E-state index is 4.57. The van der Waals surface area contributed by atoms with E-state index < -0.39 is 0 Å². The Morgan fingerprint density at radius 1 is 1.50 bits per heavy atom. The van der Waals surface area contributed by atoms with Gasteiger partial charge in [-0.05, 0) is 64.3 Å². The van der Waals surface area contributed by atoms with Crippen LogP contribution in [0.2, 0.25) is 0 Å². The number of nitrogens with zero attached hydrogens (tertiary/aromatic N) is 2. The molecular formula is C15H25N3. The summed E-state index contributed by atoms with van der Waals surface area (Å²) in [6.07, 6.45) is 4.54. The van der Waals surface area contributed by atoms with E-state index in [1.165, 1.54) is 24.9 Å². The first-order valence-corrected chi connectivity index (χ1v) is 7.07. The molecule has 1 aromatic rings. The van der Waals surface area contributed by atoms with Crippen molar-refractivity contribution in [1.29, 1.82) is 0 Å². The van der Waals surface area contributed by atoms with Crippen LogP contribution in [0.15, 0.2) is 18.3 Å². The van der Waals surface area contributed by atoms with Crippen LogP contribution in [0.5, 0.6) is 0 Å². The Morgan fingerprint density at radius 3 is 2.94 bits per heavy atom. The summed E-state index contributed by atoms with van der Waals surface area (Å²) in [5.74, 6) is 1.90. The number of rotatable bonds is 4. The molecule has 0 aromatic carbocycles. The van der Waals surface area contributed by atoms with E-state index in [-0.39, 0.29) is 0 Å². The molecule has 3 heteroatoms. The number of piperidine rings is 1. The predicted molar refractivity (Wildman–Crippen MR) is 77.0 cm³/mol. The Kier molecular flexibility index (Phi) is 4.59. The van der Waals surface area contributed by atoms with Gasteiger partial charge >= 0.3 is 0 Å². The van der Waals surface area contributed by atoms with Gasteiger partial charge in [0, 0.05) is 18.8 Å². The normalized spacial score (nSPS) is 20.1. The minimum absolute atomic E-state index is 0.500. The standard InChI is InChI=1S/C15H25N3/c1-12(2)18(11-14-7-5-8-16-10-14)15-13(3)6-4-9-17-15/h4,6,9,12,14,16H,5,7-8,10-11H2,1-3H3. The molecule has 100 valence electrons. The third-order valence-electron chi connectivity index (χ3n) is 3.73. The number of hydrogen-bond acceptors (Lipinski definition) is 3. The van der Waals surface area contributed by atoms with E-state index in [2.05, 4.69) is 42.0 Å². The summed E-state index contributed by atoms with van der Waals surface area (Å²) in [7, 11) is 0. The quantitative estimate of drug-likeness (QED) is 0.886. The number of hydrogen-bond donors (Lipinski definition) is 1. The van der Waals surface area contributed by atoms with Crippen molar-refractivity contribution in [2.45, 2.75) is 39.7 Å². The second-order valence-corrected chi connectivity index (χ2v) is 5.60. The van der Waals surface area contributed by atoms with E-state index in [0.717, 1.165) is 24.8 Å². The molecule has 1 aliphatic heterocycles. The highest BCUT2D eigenvalue weighted by Gasteiger charge is 2.20. The summed E-state index contributed by atoms with van der Waals surface area (Å²) in [5.41, 5.74) is 1.27. The van der Waals surface area contributed by atoms with Crippen LogP contribution in [-0.2, 0) is 0 Å². The fraction of sp³-hybridized carbons (Fsp3) is 0.667. The fourth-order valence-electron chi connectivity index (χ4n) is 2.68. The molecular weight excluding hydrogens is 222 g/mol. The van der Waals surface area contributed by atoms with Crippen LogP contribution >= 0.6 is 0 Å². The van der Waals surface area contributed by atoms with Gasteiger partial charge in [0.1, 0.15) is 5.82 Å². The highest BCUT2D eigenvalue weighted by atomic mass is 15.2. The van der Waals surface area contributed by atoms with Crippen LogP contribution in [0.1, 0.15) is 32.3 Å². The van der Waals surface area contributed by atoms with E-state index in [4.69, 9.17) is 0 Å². The molecule has 1 aromatic heterocycles. The lowest BCUT2D eigenvalue weighted by molar-refractivity contribution is 0.370. The van der Waals surface area contributed by atoms with Gasteiger partial charge in [-0.3, -0.25) is 0 Å². The van der Waals surface area contributed by atoms with Crippen molar-refractivity contribution in [3.8, 4) is 0 Å². The number of nitrogens with one attached hydrogen (secondary N) is 1. The summed E-state index contributed by atoms with van der Waals surface area (Å²) in [5, 5.41) is 3.50. The lowest BCUT2D eigenvalue weighted by Crippen LogP contribution is -2.41. The molecule has 1 aliphatic rings. The number of aromatic nitrogens is 1. The summed E-state index contributed by atoms with van der Waals surface area (Å²) in [6, 6.07) is 4.66. The van der Waals surface area contributed by atoms with Crippen LogP contribution in [0.4, 0.5) is 5.82 Å². The van der Waals surface area contributed by atoms with Gasteiger partial charge in [-0.15, -0.1) is 0 Å². The third-order valence-corrected chi connectivity index (χ3v) is 3.73. The molecule has 0 aliphatic carbocycles. The first-order valence-electron chi connectivity index (χ1n) is 7.07. The van der Waals surface area contributed by atoms with Crippen molar-refractivity contribution in [2.24, 2.45) is 5.92 Å². The van der Waals surface area contributed by atoms with Crippen molar-refractivity contribution < 1.29 is 0 Å². The zero-order valence-electron chi connectivity index (χ0n) is 11.8. The van der Waals surface area contributed by atoms with E-state index in [1.807, 2.05) is 12.3 Å². The van der Waals surface area contributed by atoms with E-state index in [1.54, 1.807) is 0 Å². The maximum atomic E-state index is 4.57. The topological polar surface area (TPSA) is 28.2 Å². The summed E-state index contributed by atoms with van der Waals surface area (Å²) in [4.78, 5) is 7.02. The molecule has 1 saturated heterocycles. The van der Waals surface area contributed by atoms with Crippen LogP contribution in [0.3, 0.4) is 0 Å². The molecule has 18 heavy (non-hydrogen) atoms. The van der Waals surface area contributed by atoms with Gasteiger partial charge in [-0.1, -0.05) is 6.07 Å². The largest absolute Gasteiger partial charge is 0.354 e. The lowest BCUT2D eigenvalue weighted by atomic mass is 9.98. The first-order chi connectivity index (χ1) is 8.68. The molecule has 0 amide bonds. The summed E-state index contributed by atoms with van der Waals surface area (Å²) < 4.78 is 0. The van der Waals surface area contributed by atoms with Crippen molar-refractivity contribution in [3.63, 3.8) is 0 Å². The van der Waals surface area contributed by atoms with Gasteiger partial charge in [0.15, 0.2) is 0 Å². The van der Waals surface area contributed by atoms with Crippen molar-refractivity contribution in [3.05, 3.63) is 23.9 Å². The van der Waals surface area contributed by atoms with Gasteiger partial charge in [-0.2, -0.15) is 0 Å². The van der Waals surface area contributed by atoms with E-state index in [0.29, 0.717) is 6.04 Å². The van der Waals surface area contributed by atoms with Crippen molar-refractivity contribution >= 4 is 5.82 Å². The van der Waals surface area contributed by atoms with Crippen LogP contribution in [0.25, 0.3) is 0 Å². The fourth-order valence-corrected chi connectivity index (χ4v) is 2.68. The van der Waals surface area contributed by atoms with Crippen molar-refractivity contribution in [1.82, 2.24) is 10.3 Å². The molecule has 1 N–H and O–H groups in total. The average Bonchev–Trinajstić information content (AvgIpc) is 2.38. The zero-order chi connectivity index (χ0) is 13.0. The maximum Gasteiger partial charge on any atom is 0.131 e. The van der Waals surface area contributed by atoms with Gasteiger partial charge in [0.05, 0.1) is 0 Å². The highest BCUT2D eigenvalue weighted by molar-refractivity contribution is 5.46. The van der Waals surface area contributed by atoms with Gasteiger partial charge in [-0.25, -0.2) is 4.98 Å². The van der Waals surface area contributed by atoms with Gasteiger partial charge in [0.25, 0.3) is 0 Å². The summed E-state index contributed by atoms with van der Waals surface area (Å²) >= 11 is 0. The number of pyridine rings is 1. The molecule has 0 spiro atoms. The van der Waals surface area contributed by atoms with E-state index >= 15 is 0 Å². The third kappa shape index (κ3) is 3.22. The number of anilines is 1. The smallest absolute Gasteiger partial charge is 0.131 e. The van der Waals surface area contributed by atoms with E-state index in [9.17, 15) is 0 Å². The Balaban J connectivity index is 2.10.